The van der Waals surface area contributed by atoms with Gasteiger partial charge in [0, 0.05) is 24.2 Å². The highest BCUT2D eigenvalue weighted by Gasteiger charge is 2.69. The van der Waals surface area contributed by atoms with Gasteiger partial charge in [-0.15, -0.1) is 0 Å². The van der Waals surface area contributed by atoms with Crippen LogP contribution in [0.15, 0.2) is 24.0 Å². The topological polar surface area (TPSA) is 42.9 Å². The second kappa shape index (κ2) is 7.04. The SMILES string of the molecule is CC1c2nccnc2C[C@]2(C)[C@H]3C(=O)C=C4[C@@H]5[C@@H](C)[C@H](C)CC[C@]5(C)CC[C@@]4(C)[C@]3(C)CC[C@@H]12. The first-order valence-electron chi connectivity index (χ1n) is 14.0. The van der Waals surface area contributed by atoms with Gasteiger partial charge in [-0.1, -0.05) is 54.0 Å². The van der Waals surface area contributed by atoms with E-state index in [0.717, 1.165) is 24.5 Å². The Morgan fingerprint density at radius 3 is 2.41 bits per heavy atom. The van der Waals surface area contributed by atoms with Gasteiger partial charge in [0.25, 0.3) is 0 Å². The number of aromatic nitrogens is 2. The van der Waals surface area contributed by atoms with Crippen LogP contribution in [0.2, 0.25) is 0 Å². The average molecular weight is 461 g/mol. The van der Waals surface area contributed by atoms with Gasteiger partial charge in [-0.2, -0.15) is 0 Å². The molecule has 34 heavy (non-hydrogen) atoms. The van der Waals surface area contributed by atoms with E-state index in [9.17, 15) is 4.79 Å². The lowest BCUT2D eigenvalue weighted by Gasteiger charge is -2.69. The maximum atomic E-state index is 14.4. The Balaban J connectivity index is 1.50. The van der Waals surface area contributed by atoms with Crippen LogP contribution < -0.4 is 0 Å². The van der Waals surface area contributed by atoms with Crippen LogP contribution in [-0.2, 0) is 11.2 Å². The third-order valence-electron chi connectivity index (χ3n) is 12.9. The van der Waals surface area contributed by atoms with E-state index in [1.54, 1.807) is 0 Å². The highest BCUT2D eigenvalue weighted by atomic mass is 16.1. The Kier molecular flexibility index (Phi) is 4.75. The van der Waals surface area contributed by atoms with Gasteiger partial charge in [0.2, 0.25) is 0 Å². The Labute approximate surface area is 206 Å². The van der Waals surface area contributed by atoms with Crippen LogP contribution in [0.1, 0.15) is 104 Å². The summed E-state index contributed by atoms with van der Waals surface area (Å²) in [6.45, 7) is 17.3. The first kappa shape index (κ1) is 22.9. The van der Waals surface area contributed by atoms with Gasteiger partial charge in [0.15, 0.2) is 5.78 Å². The molecule has 1 aromatic heterocycles. The largest absolute Gasteiger partial charge is 0.295 e. The van der Waals surface area contributed by atoms with Crippen molar-refractivity contribution >= 4 is 5.78 Å². The van der Waals surface area contributed by atoms with E-state index >= 15 is 0 Å². The van der Waals surface area contributed by atoms with E-state index in [1.807, 2.05) is 12.4 Å². The summed E-state index contributed by atoms with van der Waals surface area (Å²) in [7, 11) is 0. The molecule has 0 bridgehead atoms. The fourth-order valence-corrected chi connectivity index (χ4v) is 10.6. The first-order valence-corrected chi connectivity index (χ1v) is 14.0. The fourth-order valence-electron chi connectivity index (χ4n) is 10.6. The second-order valence-electron chi connectivity index (χ2n) is 14.2. The van der Waals surface area contributed by atoms with Crippen LogP contribution in [-0.4, -0.2) is 15.8 Å². The number of rotatable bonds is 0. The Bertz CT molecular complexity index is 1080. The molecule has 0 radical (unpaired) electrons. The van der Waals surface area contributed by atoms with Gasteiger partial charge in [-0.05, 0) is 96.4 Å². The molecular formula is C31H44N2O. The predicted octanol–water partition coefficient (Wildman–Crippen LogP) is 7.17. The lowest BCUT2D eigenvalue weighted by atomic mass is 9.34. The molecule has 1 aromatic rings. The van der Waals surface area contributed by atoms with Gasteiger partial charge >= 0.3 is 0 Å². The minimum absolute atomic E-state index is 0.0145. The molecule has 5 aliphatic rings. The molecule has 6 rings (SSSR count). The summed E-state index contributed by atoms with van der Waals surface area (Å²) in [5.74, 6) is 3.32. The Morgan fingerprint density at radius 1 is 0.912 bits per heavy atom. The number of allylic oxidation sites excluding steroid dienone is 2. The summed E-state index contributed by atoms with van der Waals surface area (Å²) in [6.07, 6.45) is 14.4. The fraction of sp³-hybridized carbons (Fsp3) is 0.774. The van der Waals surface area contributed by atoms with Crippen LogP contribution in [0.25, 0.3) is 0 Å². The van der Waals surface area contributed by atoms with Gasteiger partial charge in [0.1, 0.15) is 0 Å². The Hall–Kier alpha value is -1.51. The minimum Gasteiger partial charge on any atom is -0.295 e. The molecule has 1 unspecified atom stereocenters. The molecule has 10 atom stereocenters. The second-order valence-corrected chi connectivity index (χ2v) is 14.2. The molecule has 184 valence electrons. The van der Waals surface area contributed by atoms with Crippen LogP contribution in [0.3, 0.4) is 0 Å². The predicted molar refractivity (Wildman–Crippen MR) is 136 cm³/mol. The quantitative estimate of drug-likeness (QED) is 0.412. The molecule has 0 spiro atoms. The van der Waals surface area contributed by atoms with E-state index < -0.39 is 0 Å². The lowest BCUT2D eigenvalue weighted by molar-refractivity contribution is -0.168. The van der Waals surface area contributed by atoms with Crippen LogP contribution in [0, 0.1) is 51.2 Å². The summed E-state index contributed by atoms with van der Waals surface area (Å²) in [4.78, 5) is 23.9. The number of nitrogens with zero attached hydrogens (tertiary/aromatic N) is 2. The maximum absolute atomic E-state index is 14.4. The minimum atomic E-state index is -0.0518. The van der Waals surface area contributed by atoms with Gasteiger partial charge in [-0.25, -0.2) is 0 Å². The zero-order valence-corrected chi connectivity index (χ0v) is 22.4. The molecule has 0 aliphatic heterocycles. The summed E-state index contributed by atoms with van der Waals surface area (Å²) >= 11 is 0. The normalized spacial score (nSPS) is 51.9. The van der Waals surface area contributed by atoms with Crippen molar-refractivity contribution in [1.82, 2.24) is 9.97 Å². The van der Waals surface area contributed by atoms with Crippen molar-refractivity contribution in [3.63, 3.8) is 0 Å². The summed E-state index contributed by atoms with van der Waals surface area (Å²) < 4.78 is 0. The van der Waals surface area contributed by atoms with Crippen molar-refractivity contribution in [3.8, 4) is 0 Å². The molecule has 0 aromatic carbocycles. The molecule has 1 heterocycles. The molecule has 3 fully saturated rings. The van der Waals surface area contributed by atoms with Crippen molar-refractivity contribution in [2.75, 3.05) is 0 Å². The number of fused-ring (bicyclic) bond motifs is 8. The van der Waals surface area contributed by atoms with Crippen molar-refractivity contribution < 1.29 is 4.79 Å². The molecule has 0 saturated heterocycles. The number of ketones is 1. The van der Waals surface area contributed by atoms with Crippen LogP contribution in [0.5, 0.6) is 0 Å². The zero-order valence-electron chi connectivity index (χ0n) is 22.4. The number of carbonyl (C=O) groups excluding carboxylic acids is 1. The van der Waals surface area contributed by atoms with E-state index in [2.05, 4.69) is 54.5 Å². The molecule has 5 aliphatic carbocycles. The van der Waals surface area contributed by atoms with Gasteiger partial charge < -0.3 is 0 Å². The zero-order chi connectivity index (χ0) is 24.3. The number of hydrogen-bond acceptors (Lipinski definition) is 3. The van der Waals surface area contributed by atoms with Crippen LogP contribution >= 0.6 is 0 Å². The smallest absolute Gasteiger partial charge is 0.159 e. The summed E-state index contributed by atoms with van der Waals surface area (Å²) in [5.41, 5.74) is 4.28. The first-order chi connectivity index (χ1) is 16.0. The highest BCUT2D eigenvalue weighted by Crippen LogP contribution is 2.74. The average Bonchev–Trinajstić information content (AvgIpc) is 2.78. The molecule has 0 amide bonds. The number of carbonyl (C=O) groups is 1. The molecular weight excluding hydrogens is 416 g/mol. The number of hydrogen-bond donors (Lipinski definition) is 0. The van der Waals surface area contributed by atoms with E-state index in [1.165, 1.54) is 43.4 Å². The molecule has 0 N–H and O–H groups in total. The molecule has 3 nitrogen and oxygen atoms in total. The van der Waals surface area contributed by atoms with Crippen molar-refractivity contribution in [2.45, 2.75) is 99.3 Å². The van der Waals surface area contributed by atoms with E-state index in [-0.39, 0.29) is 22.2 Å². The third kappa shape index (κ3) is 2.63. The Morgan fingerprint density at radius 2 is 1.65 bits per heavy atom. The van der Waals surface area contributed by atoms with Gasteiger partial charge in [-0.3, -0.25) is 14.8 Å². The molecule has 3 saturated carbocycles. The molecule has 3 heteroatoms. The maximum Gasteiger partial charge on any atom is 0.159 e. The standard InChI is InChI=1S/C31H44N2O/c1-18-8-10-28(4)12-13-30(6)22(25(28)19(18)2)16-24(34)27-29(5)17-23-26(33-15-14-32-23)20(3)21(29)9-11-31(27,30)7/h14-16,18-21,25,27H,8-13,17H2,1-7H3/t18-,19+,20?,21+,25+,27-,28-,29+,30-,31-/m1/s1. The van der Waals surface area contributed by atoms with Crippen molar-refractivity contribution in [3.05, 3.63) is 35.4 Å². The summed E-state index contributed by atoms with van der Waals surface area (Å²) in [5, 5.41) is 0. The summed E-state index contributed by atoms with van der Waals surface area (Å²) in [6, 6.07) is 0. The third-order valence-corrected chi connectivity index (χ3v) is 12.9. The van der Waals surface area contributed by atoms with E-state index in [0.29, 0.717) is 34.9 Å². The lowest BCUT2D eigenvalue weighted by Crippen LogP contribution is -2.65. The van der Waals surface area contributed by atoms with Crippen LogP contribution in [0.4, 0.5) is 0 Å². The monoisotopic (exact) mass is 460 g/mol. The van der Waals surface area contributed by atoms with E-state index in [4.69, 9.17) is 9.97 Å². The highest BCUT2D eigenvalue weighted by molar-refractivity contribution is 5.95. The van der Waals surface area contributed by atoms with Crippen molar-refractivity contribution in [1.29, 1.82) is 0 Å². The van der Waals surface area contributed by atoms with Crippen molar-refractivity contribution in [2.24, 2.45) is 51.2 Å². The van der Waals surface area contributed by atoms with Gasteiger partial charge in [0.05, 0.1) is 11.4 Å².